The van der Waals surface area contributed by atoms with Crippen LogP contribution in [0.25, 0.3) is 0 Å². The number of nitro benzene ring substituents is 1. The van der Waals surface area contributed by atoms with Crippen LogP contribution in [0, 0.1) is 15.9 Å². The highest BCUT2D eigenvalue weighted by Crippen LogP contribution is 2.33. The number of nitro groups is 1. The van der Waals surface area contributed by atoms with Crippen LogP contribution in [0.3, 0.4) is 0 Å². The Morgan fingerprint density at radius 1 is 1.14 bits per heavy atom. The minimum atomic E-state index is -4.48. The minimum absolute atomic E-state index is 0.133. The molecule has 28 heavy (non-hydrogen) atoms. The zero-order valence-electron chi connectivity index (χ0n) is 14.3. The molecule has 0 heterocycles. The van der Waals surface area contributed by atoms with Gasteiger partial charge in [0.25, 0.3) is 25.7 Å². The van der Waals surface area contributed by atoms with E-state index in [0.29, 0.717) is 18.4 Å². The molecule has 0 spiro atoms. The number of nitrogens with one attached hydrogen (secondary N) is 1. The number of nitrogens with zero attached hydrogens (tertiary/aromatic N) is 2. The van der Waals surface area contributed by atoms with Crippen LogP contribution in [0.5, 0.6) is 5.75 Å². The van der Waals surface area contributed by atoms with E-state index in [-0.39, 0.29) is 11.4 Å². The fourth-order valence-electron chi connectivity index (χ4n) is 2.09. The lowest BCUT2D eigenvalue weighted by atomic mass is 10.3. The van der Waals surface area contributed by atoms with Gasteiger partial charge >= 0.3 is 0 Å². The highest BCUT2D eigenvalue weighted by molar-refractivity contribution is 7.92. The van der Waals surface area contributed by atoms with E-state index in [2.05, 4.69) is 0 Å². The Morgan fingerprint density at radius 2 is 1.79 bits per heavy atom. The maximum absolute atomic E-state index is 13.9. The van der Waals surface area contributed by atoms with Crippen molar-refractivity contribution >= 4 is 37.1 Å². The fraction of sp³-hybridized carbons (Fsp3) is 0.143. The summed E-state index contributed by atoms with van der Waals surface area (Å²) in [5.41, 5.74) is -2.27. The Morgan fingerprint density at radius 3 is 2.29 bits per heavy atom. The second-order valence-electron chi connectivity index (χ2n) is 5.34. The lowest BCUT2D eigenvalue weighted by Gasteiger charge is -2.13. The monoisotopic (exact) mass is 437 g/mol. The fourth-order valence-corrected chi connectivity index (χ4v) is 3.67. The van der Waals surface area contributed by atoms with Crippen LogP contribution in [0.15, 0.2) is 41.3 Å². The predicted molar refractivity (Wildman–Crippen MR) is 95.3 cm³/mol. The molecule has 0 saturated carbocycles. The first-order valence-electron chi connectivity index (χ1n) is 7.17. The second kappa shape index (κ2) is 7.55. The molecule has 0 atom stereocenters. The van der Waals surface area contributed by atoms with Gasteiger partial charge in [-0.15, -0.1) is 0 Å². The van der Waals surface area contributed by atoms with Crippen molar-refractivity contribution < 1.29 is 35.4 Å². The van der Waals surface area contributed by atoms with Crippen molar-refractivity contribution in [2.75, 3.05) is 22.6 Å². The highest BCUT2D eigenvalue weighted by atomic mass is 32.2. The van der Waals surface area contributed by atoms with Gasteiger partial charge in [-0.05, 0) is 24.3 Å². The lowest BCUT2D eigenvalue weighted by molar-refractivity contribution is -0.384. The van der Waals surface area contributed by atoms with Crippen molar-refractivity contribution in [3.63, 3.8) is 0 Å². The van der Waals surface area contributed by atoms with Crippen LogP contribution in [0.4, 0.5) is 25.9 Å². The smallest absolute Gasteiger partial charge is 0.297 e. The standard InChI is InChI=1S/C14H13F2N3O7S2/c1-26-14-6-3-9(7-11(14)15)17-28(24,25)10-4-5-12(13(8-10)19(20)21)18(16)27(2,22)23/h3-8,17H,1-2H3. The van der Waals surface area contributed by atoms with E-state index in [1.807, 2.05) is 4.72 Å². The number of sulfonamides is 2. The molecule has 0 bridgehead atoms. The van der Waals surface area contributed by atoms with Gasteiger partial charge in [0.15, 0.2) is 17.3 Å². The summed E-state index contributed by atoms with van der Waals surface area (Å²) in [4.78, 5) is 9.34. The van der Waals surface area contributed by atoms with Crippen molar-refractivity contribution in [1.29, 1.82) is 0 Å². The van der Waals surface area contributed by atoms with Crippen molar-refractivity contribution in [3.8, 4) is 5.75 Å². The molecule has 0 unspecified atom stereocenters. The molecule has 0 fully saturated rings. The maximum atomic E-state index is 13.9. The normalized spacial score (nSPS) is 11.7. The van der Waals surface area contributed by atoms with Gasteiger partial charge in [-0.25, -0.2) is 21.2 Å². The van der Waals surface area contributed by atoms with Gasteiger partial charge in [-0.1, -0.05) is 9.01 Å². The number of rotatable bonds is 7. The first-order chi connectivity index (χ1) is 12.9. The Bertz CT molecular complexity index is 1140. The first kappa shape index (κ1) is 21.3. The minimum Gasteiger partial charge on any atom is -0.494 e. The molecule has 10 nitrogen and oxygen atoms in total. The highest BCUT2D eigenvalue weighted by Gasteiger charge is 2.29. The molecule has 1 N–H and O–H groups in total. The molecular weight excluding hydrogens is 424 g/mol. The van der Waals surface area contributed by atoms with Gasteiger partial charge in [0.1, 0.15) is 0 Å². The number of benzene rings is 2. The number of methoxy groups -OCH3 is 1. The van der Waals surface area contributed by atoms with Crippen molar-refractivity contribution in [3.05, 3.63) is 52.3 Å². The van der Waals surface area contributed by atoms with E-state index in [1.165, 1.54) is 13.2 Å². The van der Waals surface area contributed by atoms with Crippen LogP contribution < -0.4 is 14.0 Å². The van der Waals surface area contributed by atoms with Crippen LogP contribution in [-0.2, 0) is 20.0 Å². The average Bonchev–Trinajstić information content (AvgIpc) is 2.59. The van der Waals surface area contributed by atoms with Gasteiger partial charge in [0, 0.05) is 12.1 Å². The third kappa shape index (κ3) is 4.45. The van der Waals surface area contributed by atoms with Crippen LogP contribution in [0.2, 0.25) is 0 Å². The lowest BCUT2D eigenvalue weighted by Crippen LogP contribution is -2.22. The number of hydrogen-bond acceptors (Lipinski definition) is 7. The van der Waals surface area contributed by atoms with Crippen molar-refractivity contribution in [2.24, 2.45) is 0 Å². The molecule has 2 aromatic carbocycles. The second-order valence-corrected chi connectivity index (χ2v) is 8.81. The topological polar surface area (TPSA) is 136 Å². The SMILES string of the molecule is COc1ccc(NS(=O)(=O)c2ccc(N(F)S(C)(=O)=O)c([N+](=O)[O-])c2)cc1F. The third-order valence-electron chi connectivity index (χ3n) is 3.34. The van der Waals surface area contributed by atoms with E-state index < -0.39 is 51.6 Å². The Hall–Kier alpha value is -3.00. The summed E-state index contributed by atoms with van der Waals surface area (Å²) in [6, 6.07) is 5.05. The summed E-state index contributed by atoms with van der Waals surface area (Å²) in [5, 5.41) is 11.1. The van der Waals surface area contributed by atoms with E-state index in [0.717, 1.165) is 18.2 Å². The third-order valence-corrected chi connectivity index (χ3v) is 5.50. The van der Waals surface area contributed by atoms with E-state index in [1.54, 1.807) is 0 Å². The number of ether oxygens (including phenoxy) is 1. The summed E-state index contributed by atoms with van der Waals surface area (Å²) in [7, 11) is -7.70. The molecular formula is C14H13F2N3O7S2. The van der Waals surface area contributed by atoms with Crippen LogP contribution in [-0.4, -0.2) is 35.1 Å². The zero-order valence-corrected chi connectivity index (χ0v) is 15.9. The number of halogens is 2. The molecule has 0 aromatic heterocycles. The molecule has 14 heteroatoms. The van der Waals surface area contributed by atoms with Crippen LogP contribution >= 0.6 is 0 Å². The van der Waals surface area contributed by atoms with Gasteiger partial charge in [0.05, 0.1) is 28.9 Å². The number of hydrogen-bond donors (Lipinski definition) is 1. The molecule has 2 rings (SSSR count). The van der Waals surface area contributed by atoms with E-state index >= 15 is 0 Å². The molecule has 0 amide bonds. The van der Waals surface area contributed by atoms with Crippen LogP contribution in [0.1, 0.15) is 0 Å². The molecule has 0 aliphatic rings. The van der Waals surface area contributed by atoms with Gasteiger partial charge < -0.3 is 4.74 Å². The average molecular weight is 437 g/mol. The number of anilines is 2. The summed E-state index contributed by atoms with van der Waals surface area (Å²) in [6.07, 6.45) is 0.473. The van der Waals surface area contributed by atoms with Gasteiger partial charge in [0.2, 0.25) is 0 Å². The van der Waals surface area contributed by atoms with E-state index in [4.69, 9.17) is 4.74 Å². The summed E-state index contributed by atoms with van der Waals surface area (Å²) >= 11 is 0. The quantitative estimate of drug-likeness (QED) is 0.398. The van der Waals surface area contributed by atoms with E-state index in [9.17, 15) is 35.8 Å². The predicted octanol–water partition coefficient (Wildman–Crippen LogP) is 2.19. The molecule has 0 radical (unpaired) electrons. The molecule has 152 valence electrons. The Kier molecular flexibility index (Phi) is 5.75. The summed E-state index contributed by atoms with van der Waals surface area (Å²) in [6.45, 7) is 0. The zero-order chi connectivity index (χ0) is 21.3. The summed E-state index contributed by atoms with van der Waals surface area (Å²) in [5.74, 6) is -0.989. The van der Waals surface area contributed by atoms with Crippen molar-refractivity contribution in [1.82, 2.24) is 0 Å². The summed E-state index contributed by atoms with van der Waals surface area (Å²) < 4.78 is 80.8. The maximum Gasteiger partial charge on any atom is 0.297 e. The first-order valence-corrected chi connectivity index (χ1v) is 10.5. The Labute approximate surface area is 158 Å². The molecule has 0 saturated heterocycles. The molecule has 0 aliphatic heterocycles. The van der Waals surface area contributed by atoms with Crippen molar-refractivity contribution in [2.45, 2.75) is 4.90 Å². The van der Waals surface area contributed by atoms with Gasteiger partial charge in [-0.2, -0.15) is 0 Å². The largest absolute Gasteiger partial charge is 0.494 e. The molecule has 2 aromatic rings. The Balaban J connectivity index is 2.47. The van der Waals surface area contributed by atoms with Gasteiger partial charge in [-0.3, -0.25) is 14.8 Å². The molecule has 0 aliphatic carbocycles.